The van der Waals surface area contributed by atoms with Crippen LogP contribution in [0.2, 0.25) is 0 Å². The second kappa shape index (κ2) is 5.69. The molecule has 1 heterocycles. The third-order valence-electron chi connectivity index (χ3n) is 2.74. The first-order chi connectivity index (χ1) is 7.88. The summed E-state index contributed by atoms with van der Waals surface area (Å²) >= 11 is 0. The van der Waals surface area contributed by atoms with Gasteiger partial charge in [0.15, 0.2) is 0 Å². The van der Waals surface area contributed by atoms with Crippen LogP contribution in [0.5, 0.6) is 0 Å². The maximum Gasteiger partial charge on any atom is 0.0810 e. The van der Waals surface area contributed by atoms with Crippen molar-refractivity contribution in [2.45, 2.75) is 31.5 Å². The highest BCUT2D eigenvalue weighted by Gasteiger charge is 2.23. The minimum atomic E-state index is 0.0310. The zero-order valence-corrected chi connectivity index (χ0v) is 9.23. The number of aliphatic hydroxyl groups excluding tert-OH is 1. The fourth-order valence-corrected chi connectivity index (χ4v) is 1.85. The predicted octanol–water partition coefficient (Wildman–Crippen LogP) is 1.97. The molecule has 0 unspecified atom stereocenters. The molecule has 1 fully saturated rings. The Bertz CT molecular complexity index is 375. The van der Waals surface area contributed by atoms with E-state index in [0.29, 0.717) is 0 Å². The van der Waals surface area contributed by atoms with E-state index >= 15 is 0 Å². The maximum atomic E-state index is 8.93. The number of aliphatic hydroxyl groups is 1. The fraction of sp³-hybridized carbons (Fsp3) is 0.429. The summed E-state index contributed by atoms with van der Waals surface area (Å²) < 4.78 is 5.60. The van der Waals surface area contributed by atoms with Gasteiger partial charge >= 0.3 is 0 Å². The van der Waals surface area contributed by atoms with E-state index in [9.17, 15) is 0 Å². The summed E-state index contributed by atoms with van der Waals surface area (Å²) in [4.78, 5) is 0. The second-order valence-electron chi connectivity index (χ2n) is 4.01. The molecule has 2 heteroatoms. The molecule has 2 nitrogen and oxygen atoms in total. The van der Waals surface area contributed by atoms with Gasteiger partial charge in [0.05, 0.1) is 18.8 Å². The highest BCUT2D eigenvalue weighted by atomic mass is 16.5. The van der Waals surface area contributed by atoms with Crippen LogP contribution in [0.25, 0.3) is 0 Å². The Labute approximate surface area is 96.3 Å². The molecule has 0 saturated carbocycles. The van der Waals surface area contributed by atoms with Crippen molar-refractivity contribution in [1.82, 2.24) is 0 Å². The Balaban J connectivity index is 1.82. The zero-order valence-electron chi connectivity index (χ0n) is 9.23. The summed E-state index contributed by atoms with van der Waals surface area (Å²) in [7, 11) is 0. The lowest BCUT2D eigenvalue weighted by molar-refractivity contribution is 0.0142. The Kier molecular flexibility index (Phi) is 3.98. The van der Waals surface area contributed by atoms with Crippen molar-refractivity contribution in [3.05, 3.63) is 35.9 Å². The third-order valence-corrected chi connectivity index (χ3v) is 2.74. The Hall–Kier alpha value is -1.30. The molecule has 1 aliphatic rings. The SMILES string of the molecule is OC[C@@H]1CC[C@@H](CC#Cc2ccccc2)O1. The summed E-state index contributed by atoms with van der Waals surface area (Å²) in [6, 6.07) is 9.95. The molecule has 1 aliphatic heterocycles. The van der Waals surface area contributed by atoms with Crippen molar-refractivity contribution in [3.63, 3.8) is 0 Å². The van der Waals surface area contributed by atoms with E-state index in [1.807, 2.05) is 30.3 Å². The first-order valence-electron chi connectivity index (χ1n) is 5.68. The van der Waals surface area contributed by atoms with Gasteiger partial charge in [0.2, 0.25) is 0 Å². The highest BCUT2D eigenvalue weighted by molar-refractivity contribution is 5.33. The molecule has 84 valence electrons. The average Bonchev–Trinajstić information content (AvgIpc) is 2.78. The molecule has 2 atom stereocenters. The van der Waals surface area contributed by atoms with Crippen LogP contribution in [-0.2, 0) is 4.74 Å². The first-order valence-corrected chi connectivity index (χ1v) is 5.68. The number of rotatable bonds is 2. The van der Waals surface area contributed by atoms with Crippen molar-refractivity contribution < 1.29 is 9.84 Å². The molecule has 1 aromatic carbocycles. The highest BCUT2D eigenvalue weighted by Crippen LogP contribution is 2.21. The van der Waals surface area contributed by atoms with Crippen molar-refractivity contribution in [3.8, 4) is 11.8 Å². The molecule has 0 aliphatic carbocycles. The Morgan fingerprint density at radius 3 is 2.62 bits per heavy atom. The van der Waals surface area contributed by atoms with Crippen LogP contribution in [0, 0.1) is 11.8 Å². The second-order valence-corrected chi connectivity index (χ2v) is 4.01. The molecular formula is C14H16O2. The topological polar surface area (TPSA) is 29.5 Å². The van der Waals surface area contributed by atoms with Crippen LogP contribution in [0.4, 0.5) is 0 Å². The van der Waals surface area contributed by atoms with E-state index < -0.39 is 0 Å². The van der Waals surface area contributed by atoms with E-state index in [4.69, 9.17) is 9.84 Å². The third kappa shape index (κ3) is 3.10. The number of benzene rings is 1. The van der Waals surface area contributed by atoms with Gasteiger partial charge in [0.25, 0.3) is 0 Å². The van der Waals surface area contributed by atoms with Crippen LogP contribution in [0.3, 0.4) is 0 Å². The molecule has 1 N–H and O–H groups in total. The molecule has 0 radical (unpaired) electrons. The average molecular weight is 216 g/mol. The molecular weight excluding hydrogens is 200 g/mol. The van der Waals surface area contributed by atoms with Gasteiger partial charge < -0.3 is 9.84 Å². The number of ether oxygens (including phenoxy) is 1. The summed E-state index contributed by atoms with van der Waals surface area (Å²) in [6.45, 7) is 0.128. The number of hydrogen-bond donors (Lipinski definition) is 1. The normalized spacial score (nSPS) is 23.8. The van der Waals surface area contributed by atoms with Crippen molar-refractivity contribution in [2.75, 3.05) is 6.61 Å². The lowest BCUT2D eigenvalue weighted by Crippen LogP contribution is -2.13. The monoisotopic (exact) mass is 216 g/mol. The molecule has 0 spiro atoms. The van der Waals surface area contributed by atoms with Crippen LogP contribution in [-0.4, -0.2) is 23.9 Å². The van der Waals surface area contributed by atoms with Crippen molar-refractivity contribution in [2.24, 2.45) is 0 Å². The summed E-state index contributed by atoms with van der Waals surface area (Å²) in [5.74, 6) is 6.24. The smallest absolute Gasteiger partial charge is 0.0810 e. The summed E-state index contributed by atoms with van der Waals surface area (Å²) in [5, 5.41) is 8.93. The van der Waals surface area contributed by atoms with E-state index in [1.54, 1.807) is 0 Å². The van der Waals surface area contributed by atoms with Gasteiger partial charge in [-0.3, -0.25) is 0 Å². The van der Waals surface area contributed by atoms with E-state index in [-0.39, 0.29) is 18.8 Å². The largest absolute Gasteiger partial charge is 0.394 e. The van der Waals surface area contributed by atoms with Gasteiger partial charge in [-0.05, 0) is 25.0 Å². The first kappa shape index (κ1) is 11.2. The van der Waals surface area contributed by atoms with Crippen molar-refractivity contribution >= 4 is 0 Å². The lowest BCUT2D eigenvalue weighted by Gasteiger charge is -2.08. The maximum absolute atomic E-state index is 8.93. The summed E-state index contributed by atoms with van der Waals surface area (Å²) in [5.41, 5.74) is 1.04. The van der Waals surface area contributed by atoms with Crippen LogP contribution in [0.15, 0.2) is 30.3 Å². The predicted molar refractivity (Wildman–Crippen MR) is 62.9 cm³/mol. The molecule has 1 saturated heterocycles. The van der Waals surface area contributed by atoms with E-state index in [2.05, 4.69) is 11.8 Å². The minimum absolute atomic E-state index is 0.0310. The molecule has 16 heavy (non-hydrogen) atoms. The lowest BCUT2D eigenvalue weighted by atomic mass is 10.1. The van der Waals surface area contributed by atoms with Crippen LogP contribution in [0.1, 0.15) is 24.8 Å². The standard InChI is InChI=1S/C14H16O2/c15-11-14-10-9-13(16-14)8-4-7-12-5-2-1-3-6-12/h1-3,5-6,13-15H,8-11H2/t13-,14+/m1/s1. The number of hydrogen-bond acceptors (Lipinski definition) is 2. The molecule has 2 rings (SSSR count). The van der Waals surface area contributed by atoms with Crippen molar-refractivity contribution in [1.29, 1.82) is 0 Å². The van der Waals surface area contributed by atoms with Gasteiger partial charge in [-0.2, -0.15) is 0 Å². The van der Waals surface area contributed by atoms with Crippen LogP contribution < -0.4 is 0 Å². The molecule has 0 bridgehead atoms. The zero-order chi connectivity index (χ0) is 11.2. The van der Waals surface area contributed by atoms with Gasteiger partial charge in [-0.25, -0.2) is 0 Å². The molecule has 1 aromatic rings. The Morgan fingerprint density at radius 1 is 1.19 bits per heavy atom. The van der Waals surface area contributed by atoms with Gasteiger partial charge in [-0.1, -0.05) is 30.0 Å². The van der Waals surface area contributed by atoms with Gasteiger partial charge in [0, 0.05) is 12.0 Å². The van der Waals surface area contributed by atoms with Gasteiger partial charge in [0.1, 0.15) is 0 Å². The Morgan fingerprint density at radius 2 is 1.94 bits per heavy atom. The molecule has 0 aromatic heterocycles. The summed E-state index contributed by atoms with van der Waals surface area (Å²) in [6.07, 6.45) is 2.95. The minimum Gasteiger partial charge on any atom is -0.394 e. The van der Waals surface area contributed by atoms with E-state index in [0.717, 1.165) is 24.8 Å². The van der Waals surface area contributed by atoms with Gasteiger partial charge in [-0.15, -0.1) is 0 Å². The van der Waals surface area contributed by atoms with Crippen LogP contribution >= 0.6 is 0 Å². The van der Waals surface area contributed by atoms with E-state index in [1.165, 1.54) is 0 Å². The quantitative estimate of drug-likeness (QED) is 0.766. The fourth-order valence-electron chi connectivity index (χ4n) is 1.85. The molecule has 0 amide bonds.